The molecule has 0 spiro atoms. The monoisotopic (exact) mass is 264 g/mol. The largest absolute Gasteiger partial charge is 0.491 e. The summed E-state index contributed by atoms with van der Waals surface area (Å²) in [6, 6.07) is 6.84. The highest BCUT2D eigenvalue weighted by molar-refractivity contribution is 5.94. The smallest absolute Gasteiger partial charge is 0.241 e. The molecule has 0 saturated heterocycles. The molecule has 1 aromatic carbocycles. The van der Waals surface area contributed by atoms with Crippen LogP contribution in [0.4, 0.5) is 5.69 Å². The maximum Gasteiger partial charge on any atom is 0.241 e. The maximum atomic E-state index is 11.9. The zero-order chi connectivity index (χ0) is 14.4. The van der Waals surface area contributed by atoms with Crippen LogP contribution in [0.5, 0.6) is 5.75 Å². The summed E-state index contributed by atoms with van der Waals surface area (Å²) in [7, 11) is 0. The normalized spacial score (nSPS) is 14.0. The molecule has 0 fully saturated rings. The van der Waals surface area contributed by atoms with Gasteiger partial charge in [-0.2, -0.15) is 0 Å². The van der Waals surface area contributed by atoms with E-state index in [1.165, 1.54) is 0 Å². The number of nitrogens with one attached hydrogen (secondary N) is 1. The van der Waals surface area contributed by atoms with Gasteiger partial charge in [0, 0.05) is 5.69 Å². The van der Waals surface area contributed by atoms with Crippen LogP contribution in [0.2, 0.25) is 0 Å². The number of carbonyl (C=O) groups excluding carboxylic acids is 1. The summed E-state index contributed by atoms with van der Waals surface area (Å²) in [5, 5.41) is 2.82. The number of amides is 1. The summed E-state index contributed by atoms with van der Waals surface area (Å²) in [4.78, 5) is 11.9. The van der Waals surface area contributed by atoms with Crippen LogP contribution in [0.25, 0.3) is 0 Å². The molecule has 2 atom stereocenters. The highest BCUT2D eigenvalue weighted by Gasteiger charge is 2.19. The van der Waals surface area contributed by atoms with Crippen LogP contribution in [-0.4, -0.2) is 18.1 Å². The van der Waals surface area contributed by atoms with Crippen LogP contribution in [0.1, 0.15) is 34.1 Å². The number of anilines is 1. The minimum Gasteiger partial charge on any atom is -0.491 e. The Morgan fingerprint density at radius 1 is 1.26 bits per heavy atom. The van der Waals surface area contributed by atoms with Crippen molar-refractivity contribution in [2.75, 3.05) is 5.32 Å². The first kappa shape index (κ1) is 15.5. The van der Waals surface area contributed by atoms with E-state index < -0.39 is 6.04 Å². The number of benzene rings is 1. The van der Waals surface area contributed by atoms with E-state index in [1.807, 2.05) is 52.0 Å². The SMILES string of the molecule is CCC(C)C(N)C(=O)Nc1ccc(OC(C)C)cc1. The van der Waals surface area contributed by atoms with Gasteiger partial charge in [0.25, 0.3) is 0 Å². The Hall–Kier alpha value is -1.55. The van der Waals surface area contributed by atoms with E-state index >= 15 is 0 Å². The van der Waals surface area contributed by atoms with Gasteiger partial charge in [0.15, 0.2) is 0 Å². The fourth-order valence-electron chi connectivity index (χ4n) is 1.63. The molecule has 0 heterocycles. The van der Waals surface area contributed by atoms with Crippen LogP contribution in [0, 0.1) is 5.92 Å². The van der Waals surface area contributed by atoms with Gasteiger partial charge in [0.1, 0.15) is 5.75 Å². The van der Waals surface area contributed by atoms with Gasteiger partial charge in [-0.1, -0.05) is 20.3 Å². The van der Waals surface area contributed by atoms with Gasteiger partial charge >= 0.3 is 0 Å². The maximum absolute atomic E-state index is 11.9. The van der Waals surface area contributed by atoms with Gasteiger partial charge in [-0.3, -0.25) is 4.79 Å². The third-order valence-corrected chi connectivity index (χ3v) is 3.05. The van der Waals surface area contributed by atoms with E-state index in [0.29, 0.717) is 0 Å². The molecule has 0 bridgehead atoms. The first-order valence-corrected chi connectivity index (χ1v) is 6.77. The molecular weight excluding hydrogens is 240 g/mol. The van der Waals surface area contributed by atoms with Gasteiger partial charge in [-0.15, -0.1) is 0 Å². The van der Waals surface area contributed by atoms with Gasteiger partial charge in [-0.25, -0.2) is 0 Å². The van der Waals surface area contributed by atoms with Crippen LogP contribution in [0.15, 0.2) is 24.3 Å². The second kappa shape index (κ2) is 7.14. The number of ether oxygens (including phenoxy) is 1. The van der Waals surface area contributed by atoms with E-state index in [-0.39, 0.29) is 17.9 Å². The molecule has 106 valence electrons. The highest BCUT2D eigenvalue weighted by Crippen LogP contribution is 2.17. The van der Waals surface area contributed by atoms with Gasteiger partial charge < -0.3 is 15.8 Å². The Morgan fingerprint density at radius 3 is 2.32 bits per heavy atom. The number of hydrogen-bond donors (Lipinski definition) is 2. The Bertz CT molecular complexity index is 401. The standard InChI is InChI=1S/C15H24N2O2/c1-5-11(4)14(16)15(18)17-12-6-8-13(9-7-12)19-10(2)3/h6-11,14H,5,16H2,1-4H3,(H,17,18). The number of nitrogens with two attached hydrogens (primary N) is 1. The first-order valence-electron chi connectivity index (χ1n) is 6.77. The Morgan fingerprint density at radius 2 is 1.84 bits per heavy atom. The lowest BCUT2D eigenvalue weighted by atomic mass is 9.99. The minimum absolute atomic E-state index is 0.138. The summed E-state index contributed by atoms with van der Waals surface area (Å²) < 4.78 is 5.54. The molecule has 1 aromatic rings. The number of hydrogen-bond acceptors (Lipinski definition) is 3. The molecular formula is C15H24N2O2. The molecule has 19 heavy (non-hydrogen) atoms. The van der Waals surface area contributed by atoms with E-state index in [2.05, 4.69) is 5.32 Å². The molecule has 1 amide bonds. The van der Waals surface area contributed by atoms with Crippen molar-refractivity contribution >= 4 is 11.6 Å². The molecule has 4 nitrogen and oxygen atoms in total. The van der Waals surface area contributed by atoms with Crippen LogP contribution in [0.3, 0.4) is 0 Å². The van der Waals surface area contributed by atoms with E-state index in [4.69, 9.17) is 10.5 Å². The van der Waals surface area contributed by atoms with Crippen molar-refractivity contribution in [3.05, 3.63) is 24.3 Å². The minimum atomic E-state index is -0.475. The zero-order valence-corrected chi connectivity index (χ0v) is 12.1. The van der Waals surface area contributed by atoms with E-state index in [9.17, 15) is 4.79 Å². The van der Waals surface area contributed by atoms with Crippen molar-refractivity contribution in [1.82, 2.24) is 0 Å². The van der Waals surface area contributed by atoms with Crippen molar-refractivity contribution in [1.29, 1.82) is 0 Å². The lowest BCUT2D eigenvalue weighted by Crippen LogP contribution is -2.40. The molecule has 4 heteroatoms. The third kappa shape index (κ3) is 4.91. The predicted octanol–water partition coefficient (Wildman–Crippen LogP) is 2.79. The molecule has 3 N–H and O–H groups in total. The van der Waals surface area contributed by atoms with E-state index in [1.54, 1.807) is 0 Å². The lowest BCUT2D eigenvalue weighted by molar-refractivity contribution is -0.118. The number of rotatable bonds is 6. The average molecular weight is 264 g/mol. The zero-order valence-electron chi connectivity index (χ0n) is 12.1. The summed E-state index contributed by atoms with van der Waals surface area (Å²) >= 11 is 0. The summed E-state index contributed by atoms with van der Waals surface area (Å²) in [5.74, 6) is 0.814. The first-order chi connectivity index (χ1) is 8.93. The lowest BCUT2D eigenvalue weighted by Gasteiger charge is -2.18. The van der Waals surface area contributed by atoms with Gasteiger partial charge in [-0.05, 0) is 44.0 Å². The van der Waals surface area contributed by atoms with Crippen molar-refractivity contribution in [3.8, 4) is 5.75 Å². The van der Waals surface area contributed by atoms with Gasteiger partial charge in [0.2, 0.25) is 5.91 Å². The third-order valence-electron chi connectivity index (χ3n) is 3.05. The van der Waals surface area contributed by atoms with Crippen LogP contribution < -0.4 is 15.8 Å². The van der Waals surface area contributed by atoms with Crippen molar-refractivity contribution in [2.45, 2.75) is 46.3 Å². The molecule has 2 unspecified atom stereocenters. The fraction of sp³-hybridized carbons (Fsp3) is 0.533. The summed E-state index contributed by atoms with van der Waals surface area (Å²) in [5.41, 5.74) is 6.61. The molecule has 1 rings (SSSR count). The summed E-state index contributed by atoms with van der Waals surface area (Å²) in [6.45, 7) is 7.95. The van der Waals surface area contributed by atoms with Crippen LogP contribution >= 0.6 is 0 Å². The molecule has 0 aliphatic carbocycles. The topological polar surface area (TPSA) is 64.4 Å². The molecule has 0 saturated carbocycles. The van der Waals surface area contributed by atoms with Crippen molar-refractivity contribution < 1.29 is 9.53 Å². The predicted molar refractivity (Wildman–Crippen MR) is 78.3 cm³/mol. The molecule has 0 aliphatic rings. The highest BCUT2D eigenvalue weighted by atomic mass is 16.5. The van der Waals surface area contributed by atoms with Crippen LogP contribution in [-0.2, 0) is 4.79 Å². The second-order valence-corrected chi connectivity index (χ2v) is 5.09. The molecule has 0 radical (unpaired) electrons. The number of carbonyl (C=O) groups is 1. The summed E-state index contributed by atoms with van der Waals surface area (Å²) in [6.07, 6.45) is 1.02. The van der Waals surface area contributed by atoms with E-state index in [0.717, 1.165) is 17.9 Å². The Balaban J connectivity index is 2.60. The molecule has 0 aromatic heterocycles. The Kier molecular flexibility index (Phi) is 5.83. The van der Waals surface area contributed by atoms with Crippen molar-refractivity contribution in [2.24, 2.45) is 11.7 Å². The average Bonchev–Trinajstić information content (AvgIpc) is 2.38. The van der Waals surface area contributed by atoms with Gasteiger partial charge in [0.05, 0.1) is 12.1 Å². The Labute approximate surface area is 115 Å². The molecule has 0 aliphatic heterocycles. The second-order valence-electron chi connectivity index (χ2n) is 5.09. The quantitative estimate of drug-likeness (QED) is 0.830. The fourth-order valence-corrected chi connectivity index (χ4v) is 1.63. The van der Waals surface area contributed by atoms with Crippen molar-refractivity contribution in [3.63, 3.8) is 0 Å².